The number of alkyl carbamates (subject to hydrolysis) is 1. The number of carbonyl (C=O) groups is 1. The van der Waals surface area contributed by atoms with Crippen molar-refractivity contribution in [3.63, 3.8) is 0 Å². The number of nitrogens with one attached hydrogen (secondary N) is 1. The second kappa shape index (κ2) is 6.08. The highest BCUT2D eigenvalue weighted by atomic mass is 32.3. The first-order chi connectivity index (χ1) is 9.05. The van der Waals surface area contributed by atoms with E-state index in [2.05, 4.69) is 9.50 Å². The van der Waals surface area contributed by atoms with Gasteiger partial charge in [0.05, 0.1) is 0 Å². The minimum atomic E-state index is -5.03. The summed E-state index contributed by atoms with van der Waals surface area (Å²) in [6.45, 7) is 5.43. The highest BCUT2D eigenvalue weighted by Crippen LogP contribution is 2.15. The molecule has 1 aromatic rings. The highest BCUT2D eigenvalue weighted by Gasteiger charge is 2.15. The molecule has 0 aromatic heterocycles. The van der Waals surface area contributed by atoms with E-state index in [-0.39, 0.29) is 12.3 Å². The Kier molecular flexibility index (Phi) is 4.93. The summed E-state index contributed by atoms with van der Waals surface area (Å²) in [5, 5.41) is 2.53. The average Bonchev–Trinajstić information content (AvgIpc) is 2.23. The molecule has 0 spiro atoms. The van der Waals surface area contributed by atoms with Crippen LogP contribution in [0, 0.1) is 0 Å². The smallest absolute Gasteiger partial charge is 0.444 e. The van der Waals surface area contributed by atoms with Gasteiger partial charge in [-0.25, -0.2) is 4.79 Å². The molecule has 0 bridgehead atoms. The first-order valence-corrected chi connectivity index (χ1v) is 7.06. The van der Waals surface area contributed by atoms with Crippen LogP contribution in [0.2, 0.25) is 0 Å². The molecule has 8 heteroatoms. The van der Waals surface area contributed by atoms with Crippen molar-refractivity contribution >= 4 is 16.6 Å². The van der Waals surface area contributed by atoms with Crippen LogP contribution in [0.5, 0.6) is 5.75 Å². The van der Waals surface area contributed by atoms with Crippen molar-refractivity contribution in [3.05, 3.63) is 29.8 Å². The monoisotopic (exact) mass is 305 g/mol. The summed E-state index contributed by atoms with van der Waals surface area (Å²) in [4.78, 5) is 11.4. The van der Waals surface area contributed by atoms with Gasteiger partial charge in [-0.1, -0.05) is 16.0 Å². The van der Waals surface area contributed by atoms with Gasteiger partial charge >= 0.3 is 16.6 Å². The largest absolute Gasteiger partial charge is 0.488 e. The number of benzene rings is 1. The Morgan fingerprint density at radius 3 is 2.25 bits per heavy atom. The zero-order valence-corrected chi connectivity index (χ0v) is 12.2. The molecule has 0 saturated heterocycles. The van der Waals surface area contributed by atoms with Crippen LogP contribution >= 0.6 is 0 Å². The Morgan fingerprint density at radius 2 is 1.80 bits per heavy atom. The molecule has 1 amide bonds. The normalized spacial score (nSPS) is 11.8. The Bertz CT molecular complexity index is 563. The van der Waals surface area contributed by atoms with Gasteiger partial charge in [0.15, 0.2) is 0 Å². The third kappa shape index (κ3) is 6.93. The van der Waals surface area contributed by atoms with Gasteiger partial charge in [0.1, 0.15) is 11.4 Å². The van der Waals surface area contributed by atoms with Crippen LogP contribution < -0.4 is 9.50 Å². The van der Waals surface area contributed by atoms with E-state index in [1.807, 2.05) is 0 Å². The standard InChI is InChI=1S/C12H16FNO5S/c1-12(2,3)18-11(15)14-8-9-4-6-10(7-5-9)19-20(13,16)17/h4-7H,8H2,1-3H3,(H,14,15). The Hall–Kier alpha value is -1.83. The molecule has 0 aliphatic carbocycles. The lowest BCUT2D eigenvalue weighted by Crippen LogP contribution is -2.32. The fourth-order valence-electron chi connectivity index (χ4n) is 1.27. The Morgan fingerprint density at radius 1 is 1.25 bits per heavy atom. The second-order valence-electron chi connectivity index (χ2n) is 4.98. The fraction of sp³-hybridized carbons (Fsp3) is 0.417. The quantitative estimate of drug-likeness (QED) is 0.863. The van der Waals surface area contributed by atoms with Crippen LogP contribution in [0.1, 0.15) is 26.3 Å². The van der Waals surface area contributed by atoms with E-state index in [4.69, 9.17) is 4.74 Å². The molecular formula is C12H16FNO5S. The van der Waals surface area contributed by atoms with E-state index in [0.29, 0.717) is 5.56 Å². The lowest BCUT2D eigenvalue weighted by Gasteiger charge is -2.19. The molecule has 112 valence electrons. The van der Waals surface area contributed by atoms with E-state index in [9.17, 15) is 17.1 Å². The number of hydrogen-bond donors (Lipinski definition) is 1. The van der Waals surface area contributed by atoms with Crippen molar-refractivity contribution < 1.29 is 26.0 Å². The van der Waals surface area contributed by atoms with Crippen LogP contribution in [-0.4, -0.2) is 20.1 Å². The van der Waals surface area contributed by atoms with E-state index < -0.39 is 22.2 Å². The van der Waals surface area contributed by atoms with Crippen molar-refractivity contribution in [3.8, 4) is 5.75 Å². The molecule has 1 rings (SSSR count). The van der Waals surface area contributed by atoms with Crippen LogP contribution in [0.3, 0.4) is 0 Å². The highest BCUT2D eigenvalue weighted by molar-refractivity contribution is 7.81. The zero-order valence-electron chi connectivity index (χ0n) is 11.3. The van der Waals surface area contributed by atoms with Gasteiger partial charge in [0, 0.05) is 6.54 Å². The summed E-state index contributed by atoms with van der Waals surface area (Å²) < 4.78 is 41.9. The maximum Gasteiger partial charge on any atom is 0.488 e. The van der Waals surface area contributed by atoms with Gasteiger partial charge < -0.3 is 14.2 Å². The molecule has 0 heterocycles. The molecule has 0 saturated carbocycles. The third-order valence-electron chi connectivity index (χ3n) is 1.95. The summed E-state index contributed by atoms with van der Waals surface area (Å²) in [5.41, 5.74) is 0.0940. The second-order valence-corrected chi connectivity index (χ2v) is 5.93. The summed E-state index contributed by atoms with van der Waals surface area (Å²) in [7, 11) is -5.03. The van der Waals surface area contributed by atoms with Gasteiger partial charge in [-0.2, -0.15) is 8.42 Å². The first kappa shape index (κ1) is 16.2. The fourth-order valence-corrected chi connectivity index (χ4v) is 1.61. The molecule has 1 aromatic carbocycles. The third-order valence-corrected chi connectivity index (χ3v) is 2.35. The number of hydrogen-bond acceptors (Lipinski definition) is 5. The molecule has 20 heavy (non-hydrogen) atoms. The molecular weight excluding hydrogens is 289 g/mol. The summed E-state index contributed by atoms with van der Waals surface area (Å²) in [6.07, 6.45) is -0.566. The lowest BCUT2D eigenvalue weighted by atomic mass is 10.2. The van der Waals surface area contributed by atoms with Crippen LogP contribution in [-0.2, 0) is 21.8 Å². The predicted octanol–water partition coefficient (Wildman–Crippen LogP) is 2.30. The molecule has 0 fully saturated rings. The van der Waals surface area contributed by atoms with Crippen molar-refractivity contribution in [1.82, 2.24) is 5.32 Å². The van der Waals surface area contributed by atoms with Gasteiger partial charge in [-0.05, 0) is 38.5 Å². The van der Waals surface area contributed by atoms with Gasteiger partial charge in [0.25, 0.3) is 0 Å². The molecule has 0 atom stereocenters. The van der Waals surface area contributed by atoms with Crippen molar-refractivity contribution in [1.29, 1.82) is 0 Å². The maximum atomic E-state index is 12.3. The average molecular weight is 305 g/mol. The van der Waals surface area contributed by atoms with Gasteiger partial charge in [-0.3, -0.25) is 0 Å². The van der Waals surface area contributed by atoms with E-state index in [1.165, 1.54) is 24.3 Å². The minimum Gasteiger partial charge on any atom is -0.444 e. The molecule has 0 aliphatic rings. The number of amides is 1. The van der Waals surface area contributed by atoms with E-state index in [1.54, 1.807) is 20.8 Å². The maximum absolute atomic E-state index is 12.3. The van der Waals surface area contributed by atoms with Crippen molar-refractivity contribution in [2.75, 3.05) is 0 Å². The number of carbonyl (C=O) groups excluding carboxylic acids is 1. The van der Waals surface area contributed by atoms with E-state index >= 15 is 0 Å². The number of halogens is 1. The topological polar surface area (TPSA) is 81.7 Å². The Balaban J connectivity index is 2.52. The van der Waals surface area contributed by atoms with Crippen LogP contribution in [0.25, 0.3) is 0 Å². The number of rotatable bonds is 4. The first-order valence-electron chi connectivity index (χ1n) is 5.75. The lowest BCUT2D eigenvalue weighted by molar-refractivity contribution is 0.0523. The minimum absolute atomic E-state index is 0.145. The molecule has 1 N–H and O–H groups in total. The van der Waals surface area contributed by atoms with Crippen molar-refractivity contribution in [2.45, 2.75) is 32.9 Å². The summed E-state index contributed by atoms with van der Waals surface area (Å²) >= 11 is 0. The Labute approximate surface area is 117 Å². The zero-order chi connectivity index (χ0) is 15.4. The number of ether oxygens (including phenoxy) is 1. The van der Waals surface area contributed by atoms with Gasteiger partial charge in [-0.15, -0.1) is 0 Å². The molecule has 0 radical (unpaired) electrons. The van der Waals surface area contributed by atoms with E-state index in [0.717, 1.165) is 0 Å². The molecule has 0 aliphatic heterocycles. The summed E-state index contributed by atoms with van der Waals surface area (Å²) in [5.74, 6) is -0.145. The molecule has 6 nitrogen and oxygen atoms in total. The summed E-state index contributed by atoms with van der Waals surface area (Å²) in [6, 6.07) is 5.56. The van der Waals surface area contributed by atoms with Gasteiger partial charge in [0.2, 0.25) is 0 Å². The SMILES string of the molecule is CC(C)(C)OC(=O)NCc1ccc(OS(=O)(=O)F)cc1. The van der Waals surface area contributed by atoms with Crippen LogP contribution in [0.15, 0.2) is 24.3 Å². The van der Waals surface area contributed by atoms with Crippen LogP contribution in [0.4, 0.5) is 8.68 Å². The van der Waals surface area contributed by atoms with Crippen molar-refractivity contribution in [2.24, 2.45) is 0 Å². The predicted molar refractivity (Wildman–Crippen MR) is 70.2 cm³/mol. The molecule has 0 unspecified atom stereocenters.